The number of aliphatic hydroxyl groups is 1. The number of thiazole rings is 1. The van der Waals surface area contributed by atoms with E-state index in [9.17, 15) is 27.9 Å². The molecule has 6 rings (SSSR count). The molecule has 4 atom stereocenters. The quantitative estimate of drug-likeness (QED) is 0.342. The molecule has 3 aliphatic rings. The predicted octanol–water partition coefficient (Wildman–Crippen LogP) is 2.43. The van der Waals surface area contributed by atoms with E-state index in [-0.39, 0.29) is 34.9 Å². The Labute approximate surface area is 233 Å². The fourth-order valence-corrected chi connectivity index (χ4v) is 8.21. The Hall–Kier alpha value is -3.81. The van der Waals surface area contributed by atoms with Crippen LogP contribution in [0.3, 0.4) is 0 Å². The Bertz CT molecular complexity index is 1800. The number of nitrogens with zero attached hydrogens (tertiary/aromatic N) is 3. The van der Waals surface area contributed by atoms with Gasteiger partial charge in [0.2, 0.25) is 5.91 Å². The van der Waals surface area contributed by atoms with Crippen LogP contribution in [0.2, 0.25) is 0 Å². The van der Waals surface area contributed by atoms with Gasteiger partial charge in [-0.15, -0.1) is 11.3 Å². The maximum Gasteiger partial charge on any atom is 0.355 e. The summed E-state index contributed by atoms with van der Waals surface area (Å²) in [5, 5.41) is 10.2. The van der Waals surface area contributed by atoms with Gasteiger partial charge in [0.1, 0.15) is 28.7 Å². The van der Waals surface area contributed by atoms with Crippen LogP contribution in [-0.2, 0) is 28.9 Å². The third-order valence-corrected chi connectivity index (χ3v) is 9.79. The van der Waals surface area contributed by atoms with Crippen LogP contribution in [0.15, 0.2) is 47.3 Å². The van der Waals surface area contributed by atoms with Gasteiger partial charge in [0, 0.05) is 29.5 Å². The molecule has 0 aliphatic carbocycles. The zero-order chi connectivity index (χ0) is 28.7. The van der Waals surface area contributed by atoms with E-state index in [4.69, 9.17) is 9.47 Å². The number of carbonyl (C=O) groups is 3. The molecule has 1 saturated heterocycles. The Morgan fingerprint density at radius 1 is 1.27 bits per heavy atom. The number of sulfone groups is 1. The monoisotopic (exact) mass is 583 g/mol. The molecule has 1 fully saturated rings. The fraction of sp³-hybridized carbons (Fsp3) is 0.333. The van der Waals surface area contributed by atoms with Crippen molar-refractivity contribution in [2.24, 2.45) is 11.8 Å². The molecule has 1 aromatic carbocycles. The number of ether oxygens (including phenoxy) is 2. The van der Waals surface area contributed by atoms with Crippen LogP contribution >= 0.6 is 11.3 Å². The Morgan fingerprint density at radius 3 is 2.65 bits per heavy atom. The number of fused-ring (bicyclic) bond motifs is 3. The summed E-state index contributed by atoms with van der Waals surface area (Å²) in [5.41, 5.74) is 1.60. The highest BCUT2D eigenvalue weighted by Gasteiger charge is 2.60. The zero-order valence-corrected chi connectivity index (χ0v) is 23.6. The van der Waals surface area contributed by atoms with E-state index in [1.807, 2.05) is 6.92 Å². The number of hydrogen-bond donors (Lipinski definition) is 1. The Balaban J connectivity index is 1.38. The number of imidazole rings is 1. The average Bonchev–Trinajstić information content (AvgIpc) is 3.59. The van der Waals surface area contributed by atoms with Gasteiger partial charge in [0.25, 0.3) is 0 Å². The molecular formula is C27H25N3O8S2. The summed E-state index contributed by atoms with van der Waals surface area (Å²) in [6, 6.07) is 6.41. The highest BCUT2D eigenvalue weighted by molar-refractivity contribution is 7.91. The van der Waals surface area contributed by atoms with Crippen LogP contribution in [-0.4, -0.2) is 70.7 Å². The highest BCUT2D eigenvalue weighted by atomic mass is 32.2. The summed E-state index contributed by atoms with van der Waals surface area (Å²) in [6.45, 7) is 4.87. The summed E-state index contributed by atoms with van der Waals surface area (Å²) in [5.74, 6) is -1.93. The summed E-state index contributed by atoms with van der Waals surface area (Å²) in [6.07, 6.45) is 3.36. The molecule has 0 unspecified atom stereocenters. The standard InChI is InChI=1S/C27H25N3O8S2/c1-12-19(18-11-29-14(3)28-23(25(29)39-18)40(4,35)36)22(30-21(12)20(13(2)31)24(30)32)27(34)37-10-9-17-15-7-5-6-8-16(15)26(33)38-17/h5-9,11-13,20-21,31H,10H2,1-4H3/b17-9-/t12-,13+,20+,21+/m0/s1. The van der Waals surface area contributed by atoms with Crippen molar-refractivity contribution in [3.63, 3.8) is 0 Å². The summed E-state index contributed by atoms with van der Waals surface area (Å²) in [7, 11) is -3.61. The summed E-state index contributed by atoms with van der Waals surface area (Å²) >= 11 is 1.16. The first-order valence-corrected chi connectivity index (χ1v) is 15.2. The number of esters is 2. The molecule has 3 aromatic rings. The van der Waals surface area contributed by atoms with Gasteiger partial charge in [-0.1, -0.05) is 25.1 Å². The summed E-state index contributed by atoms with van der Waals surface area (Å²) < 4.78 is 37.2. The van der Waals surface area contributed by atoms with E-state index in [2.05, 4.69) is 4.98 Å². The first-order chi connectivity index (χ1) is 18.9. The Morgan fingerprint density at radius 2 is 1.98 bits per heavy atom. The molecule has 0 saturated carbocycles. The second-order valence-corrected chi connectivity index (χ2v) is 13.1. The zero-order valence-electron chi connectivity index (χ0n) is 21.9. The predicted molar refractivity (Wildman–Crippen MR) is 144 cm³/mol. The molecule has 2 aromatic heterocycles. The molecule has 3 aliphatic heterocycles. The van der Waals surface area contributed by atoms with Gasteiger partial charge in [0.05, 0.1) is 28.5 Å². The lowest BCUT2D eigenvalue weighted by Gasteiger charge is -2.46. The normalized spacial score (nSPS) is 23.9. The van der Waals surface area contributed by atoms with E-state index >= 15 is 0 Å². The topological polar surface area (TPSA) is 145 Å². The van der Waals surface area contributed by atoms with Gasteiger partial charge < -0.3 is 19.5 Å². The van der Waals surface area contributed by atoms with Gasteiger partial charge >= 0.3 is 11.9 Å². The largest absolute Gasteiger partial charge is 0.457 e. The second-order valence-electron chi connectivity index (χ2n) is 10.1. The number of aryl methyl sites for hydroxylation is 1. The van der Waals surface area contributed by atoms with Gasteiger partial charge in [0.15, 0.2) is 14.9 Å². The number of amides is 1. The maximum absolute atomic E-state index is 13.5. The first kappa shape index (κ1) is 26.4. The minimum Gasteiger partial charge on any atom is -0.457 e. The molecule has 5 heterocycles. The van der Waals surface area contributed by atoms with E-state index in [1.54, 1.807) is 41.8 Å². The molecule has 0 radical (unpaired) electrons. The lowest BCUT2D eigenvalue weighted by atomic mass is 9.77. The third kappa shape index (κ3) is 3.83. The average molecular weight is 584 g/mol. The fourth-order valence-electron chi connectivity index (χ4n) is 5.74. The van der Waals surface area contributed by atoms with Gasteiger partial charge in [-0.05, 0) is 26.0 Å². The number of cyclic esters (lactones) is 1. The number of β-lactam (4-membered cyclic amide) rings is 1. The van der Waals surface area contributed by atoms with Crippen molar-refractivity contribution >= 4 is 55.2 Å². The highest BCUT2D eigenvalue weighted by Crippen LogP contribution is 2.52. The van der Waals surface area contributed by atoms with Crippen molar-refractivity contribution in [3.8, 4) is 0 Å². The number of aliphatic hydroxyl groups excluding tert-OH is 1. The van der Waals surface area contributed by atoms with Gasteiger partial charge in [-0.25, -0.2) is 23.0 Å². The van der Waals surface area contributed by atoms with Gasteiger partial charge in [-0.3, -0.25) is 9.20 Å². The number of rotatable bonds is 6. The van der Waals surface area contributed by atoms with Crippen molar-refractivity contribution in [2.45, 2.75) is 37.9 Å². The molecule has 0 bridgehead atoms. The lowest BCUT2D eigenvalue weighted by molar-refractivity contribution is -0.164. The molecular weight excluding hydrogens is 558 g/mol. The second kappa shape index (κ2) is 9.11. The van der Waals surface area contributed by atoms with Crippen LogP contribution in [0.5, 0.6) is 0 Å². The van der Waals surface area contributed by atoms with Gasteiger partial charge in [-0.2, -0.15) is 0 Å². The molecule has 208 valence electrons. The van der Waals surface area contributed by atoms with Crippen LogP contribution in [0.25, 0.3) is 16.2 Å². The van der Waals surface area contributed by atoms with Crippen molar-refractivity contribution in [1.29, 1.82) is 0 Å². The molecule has 1 N–H and O–H groups in total. The molecule has 40 heavy (non-hydrogen) atoms. The molecule has 0 spiro atoms. The molecule has 1 amide bonds. The molecule has 13 heteroatoms. The number of benzene rings is 1. The number of carbonyl (C=O) groups excluding carboxylic acids is 3. The third-order valence-electron chi connectivity index (χ3n) is 7.55. The van der Waals surface area contributed by atoms with E-state index in [0.29, 0.717) is 32.2 Å². The van der Waals surface area contributed by atoms with Crippen LogP contribution < -0.4 is 0 Å². The van der Waals surface area contributed by atoms with Crippen LogP contribution in [0, 0.1) is 18.8 Å². The van der Waals surface area contributed by atoms with E-state index in [1.165, 1.54) is 17.9 Å². The molecule has 11 nitrogen and oxygen atoms in total. The lowest BCUT2D eigenvalue weighted by Crippen LogP contribution is -2.63. The Kier molecular flexibility index (Phi) is 6.02. The van der Waals surface area contributed by atoms with E-state index in [0.717, 1.165) is 17.6 Å². The minimum absolute atomic E-state index is 0.0534. The van der Waals surface area contributed by atoms with Crippen LogP contribution in [0.1, 0.15) is 40.5 Å². The van der Waals surface area contributed by atoms with Crippen molar-refractivity contribution < 1.29 is 37.4 Å². The SMILES string of the molecule is Cc1nc(S(C)(=O)=O)c2sc(C3=C(C(=O)OC/C=C4\OC(=O)c5ccccc54)N4C(=O)[C@H]([C@@H](C)O)[C@H]4[C@H]3C)cn12. The van der Waals surface area contributed by atoms with Crippen molar-refractivity contribution in [2.75, 3.05) is 12.9 Å². The first-order valence-electron chi connectivity index (χ1n) is 12.5. The van der Waals surface area contributed by atoms with Crippen molar-refractivity contribution in [3.05, 3.63) is 64.1 Å². The van der Waals surface area contributed by atoms with Crippen molar-refractivity contribution in [1.82, 2.24) is 14.3 Å². The number of hydrogen-bond acceptors (Lipinski definition) is 10. The van der Waals surface area contributed by atoms with E-state index < -0.39 is 39.8 Å². The smallest absolute Gasteiger partial charge is 0.355 e. The minimum atomic E-state index is -3.61. The number of aromatic nitrogens is 2. The van der Waals surface area contributed by atoms with Crippen LogP contribution in [0.4, 0.5) is 0 Å². The maximum atomic E-state index is 13.5. The summed E-state index contributed by atoms with van der Waals surface area (Å²) in [4.78, 5) is 45.3.